The van der Waals surface area contributed by atoms with Gasteiger partial charge in [-0.15, -0.1) is 0 Å². The Bertz CT molecular complexity index is 2420. The van der Waals surface area contributed by atoms with E-state index in [0.717, 1.165) is 39.0 Å². The van der Waals surface area contributed by atoms with E-state index in [0.29, 0.717) is 45.4 Å². The average Bonchev–Trinajstić information content (AvgIpc) is 3.45. The van der Waals surface area contributed by atoms with Gasteiger partial charge in [-0.05, 0) is 42.0 Å². The molecule has 47 heavy (non-hydrogen) atoms. The SMILES string of the molecule is N#Cc1ccc2c3ccccc3n(-c3cc(-c4nc(-c5ccccc5)nc(-c5ccccc5)n4)ccc3-c3cc(F)cc(F)c3)c2c1. The van der Waals surface area contributed by atoms with E-state index in [1.165, 1.54) is 12.1 Å². The van der Waals surface area contributed by atoms with Crippen molar-refractivity contribution in [3.05, 3.63) is 157 Å². The third-order valence-electron chi connectivity index (χ3n) is 8.17. The third-order valence-corrected chi connectivity index (χ3v) is 8.17. The van der Waals surface area contributed by atoms with Crippen molar-refractivity contribution >= 4 is 21.8 Å². The molecule has 0 aliphatic carbocycles. The Kier molecular flexibility index (Phi) is 6.81. The van der Waals surface area contributed by atoms with Crippen LogP contribution in [0.4, 0.5) is 8.78 Å². The number of nitriles is 1. The van der Waals surface area contributed by atoms with E-state index in [-0.39, 0.29) is 0 Å². The minimum atomic E-state index is -0.679. The highest BCUT2D eigenvalue weighted by atomic mass is 19.1. The minimum Gasteiger partial charge on any atom is -0.309 e. The van der Waals surface area contributed by atoms with Gasteiger partial charge in [0, 0.05) is 39.1 Å². The number of halogens is 2. The highest BCUT2D eigenvalue weighted by Gasteiger charge is 2.20. The van der Waals surface area contributed by atoms with Gasteiger partial charge in [0.1, 0.15) is 11.6 Å². The molecular formula is C40H23F2N5. The Balaban J connectivity index is 1.44. The lowest BCUT2D eigenvalue weighted by atomic mass is 10.00. The van der Waals surface area contributed by atoms with Gasteiger partial charge in [0.2, 0.25) is 0 Å². The molecule has 0 radical (unpaired) electrons. The first-order chi connectivity index (χ1) is 23.1. The van der Waals surface area contributed by atoms with Gasteiger partial charge in [-0.1, -0.05) is 97.1 Å². The molecule has 8 rings (SSSR count). The lowest BCUT2D eigenvalue weighted by Crippen LogP contribution is -2.02. The molecule has 6 aromatic carbocycles. The molecule has 0 aliphatic heterocycles. The van der Waals surface area contributed by atoms with Crippen molar-refractivity contribution in [1.29, 1.82) is 5.26 Å². The molecule has 0 unspecified atom stereocenters. The van der Waals surface area contributed by atoms with Gasteiger partial charge in [0.15, 0.2) is 17.5 Å². The number of fused-ring (bicyclic) bond motifs is 3. The second-order valence-corrected chi connectivity index (χ2v) is 11.1. The van der Waals surface area contributed by atoms with Gasteiger partial charge in [0.05, 0.1) is 28.4 Å². The van der Waals surface area contributed by atoms with Crippen molar-refractivity contribution in [2.75, 3.05) is 0 Å². The van der Waals surface area contributed by atoms with Gasteiger partial charge >= 0.3 is 0 Å². The molecule has 7 heteroatoms. The lowest BCUT2D eigenvalue weighted by Gasteiger charge is -2.16. The Morgan fingerprint density at radius 2 is 1.06 bits per heavy atom. The van der Waals surface area contributed by atoms with Crippen LogP contribution in [0.5, 0.6) is 0 Å². The fraction of sp³-hybridized carbons (Fsp3) is 0. The van der Waals surface area contributed by atoms with E-state index in [4.69, 9.17) is 15.0 Å². The molecule has 2 aromatic heterocycles. The number of para-hydroxylation sites is 1. The summed E-state index contributed by atoms with van der Waals surface area (Å²) in [5.41, 5.74) is 6.13. The summed E-state index contributed by atoms with van der Waals surface area (Å²) in [5, 5.41) is 11.7. The summed E-state index contributed by atoms with van der Waals surface area (Å²) >= 11 is 0. The summed E-state index contributed by atoms with van der Waals surface area (Å²) in [4.78, 5) is 14.6. The smallest absolute Gasteiger partial charge is 0.164 e. The van der Waals surface area contributed by atoms with E-state index in [1.54, 1.807) is 6.07 Å². The van der Waals surface area contributed by atoms with Crippen LogP contribution in [-0.4, -0.2) is 19.5 Å². The van der Waals surface area contributed by atoms with Gasteiger partial charge < -0.3 is 4.57 Å². The van der Waals surface area contributed by atoms with Crippen LogP contribution < -0.4 is 0 Å². The lowest BCUT2D eigenvalue weighted by molar-refractivity contribution is 0.584. The zero-order valence-electron chi connectivity index (χ0n) is 24.8. The quantitative estimate of drug-likeness (QED) is 0.194. The maximum Gasteiger partial charge on any atom is 0.164 e. The summed E-state index contributed by atoms with van der Waals surface area (Å²) in [5.74, 6) is 0.114. The molecule has 0 amide bonds. The van der Waals surface area contributed by atoms with Crippen molar-refractivity contribution in [2.24, 2.45) is 0 Å². The summed E-state index contributed by atoms with van der Waals surface area (Å²) in [7, 11) is 0. The molecule has 0 saturated heterocycles. The molecule has 222 valence electrons. The summed E-state index contributed by atoms with van der Waals surface area (Å²) in [6.07, 6.45) is 0. The Morgan fingerprint density at radius 3 is 1.70 bits per heavy atom. The molecule has 0 N–H and O–H groups in total. The summed E-state index contributed by atoms with van der Waals surface area (Å²) in [6, 6.07) is 44.3. The number of hydrogen-bond acceptors (Lipinski definition) is 4. The van der Waals surface area contributed by atoms with Crippen LogP contribution >= 0.6 is 0 Å². The molecule has 0 spiro atoms. The highest BCUT2D eigenvalue weighted by Crippen LogP contribution is 2.39. The molecule has 5 nitrogen and oxygen atoms in total. The molecule has 0 fully saturated rings. The van der Waals surface area contributed by atoms with Crippen LogP contribution in [0.2, 0.25) is 0 Å². The standard InChI is InChI=1S/C40H23F2N5/c41-30-20-29(21-31(42)23-30)32-18-16-28(22-37(32)47-35-14-8-7-13-33(35)34-17-15-25(24-43)19-36(34)47)40-45-38(26-9-3-1-4-10-26)44-39(46-40)27-11-5-2-6-12-27/h1-23H. The van der Waals surface area contributed by atoms with E-state index < -0.39 is 11.6 Å². The van der Waals surface area contributed by atoms with Crippen LogP contribution in [0.1, 0.15) is 5.56 Å². The fourth-order valence-electron chi connectivity index (χ4n) is 6.05. The van der Waals surface area contributed by atoms with Crippen LogP contribution in [-0.2, 0) is 0 Å². The molecular weight excluding hydrogens is 588 g/mol. The normalized spacial score (nSPS) is 11.2. The summed E-state index contributed by atoms with van der Waals surface area (Å²) in [6.45, 7) is 0. The molecule has 8 aromatic rings. The Hall–Kier alpha value is -6.52. The predicted octanol–water partition coefficient (Wildman–Crippen LogP) is 9.79. The third kappa shape index (κ3) is 5.08. The maximum atomic E-state index is 14.6. The van der Waals surface area contributed by atoms with Crippen LogP contribution in [0.3, 0.4) is 0 Å². The van der Waals surface area contributed by atoms with Gasteiger partial charge in [-0.3, -0.25) is 0 Å². The average molecular weight is 612 g/mol. The molecule has 0 atom stereocenters. The van der Waals surface area contributed by atoms with Crippen LogP contribution in [0.25, 0.3) is 72.8 Å². The topological polar surface area (TPSA) is 67.4 Å². The summed E-state index contributed by atoms with van der Waals surface area (Å²) < 4.78 is 31.3. The number of nitrogens with zero attached hydrogens (tertiary/aromatic N) is 5. The van der Waals surface area contributed by atoms with Gasteiger partial charge in [-0.2, -0.15) is 5.26 Å². The van der Waals surface area contributed by atoms with Crippen LogP contribution in [0, 0.1) is 23.0 Å². The first-order valence-corrected chi connectivity index (χ1v) is 15.0. The van der Waals surface area contributed by atoms with E-state index in [2.05, 4.69) is 6.07 Å². The van der Waals surface area contributed by atoms with Crippen molar-refractivity contribution in [2.45, 2.75) is 0 Å². The second kappa shape index (κ2) is 11.4. The number of aromatic nitrogens is 4. The molecule has 0 aliphatic rings. The van der Waals surface area contributed by atoms with E-state index >= 15 is 0 Å². The second-order valence-electron chi connectivity index (χ2n) is 11.1. The van der Waals surface area contributed by atoms with Crippen molar-refractivity contribution < 1.29 is 8.78 Å². The van der Waals surface area contributed by atoms with Gasteiger partial charge in [-0.25, -0.2) is 23.7 Å². The Morgan fingerprint density at radius 1 is 0.489 bits per heavy atom. The van der Waals surface area contributed by atoms with E-state index in [9.17, 15) is 14.0 Å². The largest absolute Gasteiger partial charge is 0.309 e. The fourth-order valence-corrected chi connectivity index (χ4v) is 6.05. The highest BCUT2D eigenvalue weighted by molar-refractivity contribution is 6.10. The zero-order valence-corrected chi connectivity index (χ0v) is 24.8. The first-order valence-electron chi connectivity index (χ1n) is 15.0. The Labute approximate surface area is 268 Å². The van der Waals surface area contributed by atoms with Crippen molar-refractivity contribution in [1.82, 2.24) is 19.5 Å². The first kappa shape index (κ1) is 28.0. The van der Waals surface area contributed by atoms with Gasteiger partial charge in [0.25, 0.3) is 0 Å². The zero-order chi connectivity index (χ0) is 31.9. The molecule has 2 heterocycles. The maximum absolute atomic E-state index is 14.6. The number of hydrogen-bond donors (Lipinski definition) is 0. The molecule has 0 bridgehead atoms. The number of benzene rings is 6. The van der Waals surface area contributed by atoms with E-state index in [1.807, 2.05) is 120 Å². The van der Waals surface area contributed by atoms with Crippen molar-refractivity contribution in [3.63, 3.8) is 0 Å². The van der Waals surface area contributed by atoms with Crippen LogP contribution in [0.15, 0.2) is 140 Å². The molecule has 0 saturated carbocycles. The monoisotopic (exact) mass is 611 g/mol. The van der Waals surface area contributed by atoms with Crippen molar-refractivity contribution in [3.8, 4) is 57.0 Å². The number of rotatable bonds is 5. The predicted molar refractivity (Wildman–Crippen MR) is 181 cm³/mol. The minimum absolute atomic E-state index is 0.372.